The molecule has 1 aliphatic rings. The lowest BCUT2D eigenvalue weighted by Crippen LogP contribution is -2.57. The van der Waals surface area contributed by atoms with Gasteiger partial charge >= 0.3 is 0 Å². The topological polar surface area (TPSA) is 133 Å². The van der Waals surface area contributed by atoms with Gasteiger partial charge in [0.25, 0.3) is 5.69 Å². The van der Waals surface area contributed by atoms with Gasteiger partial charge in [-0.2, -0.15) is 0 Å². The molecule has 0 bridgehead atoms. The lowest BCUT2D eigenvalue weighted by atomic mass is 10.0. The summed E-state index contributed by atoms with van der Waals surface area (Å²) in [5.41, 5.74) is -0.963. The molecular weight excluding hydrogens is 302 g/mol. The average molecular weight is 317 g/mol. The minimum absolute atomic E-state index is 0.0619. The molecule has 5 atom stereocenters. The second-order valence-corrected chi connectivity index (χ2v) is 5.74. The summed E-state index contributed by atoms with van der Waals surface area (Å²) in [4.78, 5) is 10.6. The van der Waals surface area contributed by atoms with Crippen LogP contribution in [0.3, 0.4) is 0 Å². The molecule has 9 heteroatoms. The predicted octanol–water partition coefficient (Wildman–Crippen LogP) is -0.513. The highest BCUT2D eigenvalue weighted by atomic mass is 32.2. The van der Waals surface area contributed by atoms with Crippen molar-refractivity contribution < 1.29 is 30.1 Å². The van der Waals surface area contributed by atoms with Gasteiger partial charge < -0.3 is 25.2 Å². The Bertz CT molecular complexity index is 495. The first-order valence-corrected chi connectivity index (χ1v) is 7.03. The molecule has 1 aromatic carbocycles. The monoisotopic (exact) mass is 317 g/mol. The minimum Gasteiger partial charge on any atom is -0.394 e. The molecule has 0 spiro atoms. The molecule has 1 fully saturated rings. The number of aliphatic hydroxyl groups is 4. The summed E-state index contributed by atoms with van der Waals surface area (Å²) in [6, 6.07) is 5.60. The van der Waals surface area contributed by atoms with Crippen LogP contribution in [0.15, 0.2) is 29.2 Å². The van der Waals surface area contributed by atoms with Crippen LogP contribution in [0.4, 0.5) is 5.69 Å². The highest BCUT2D eigenvalue weighted by Crippen LogP contribution is 2.33. The van der Waals surface area contributed by atoms with Crippen molar-refractivity contribution >= 4 is 17.4 Å². The largest absolute Gasteiger partial charge is 0.394 e. The van der Waals surface area contributed by atoms with Crippen LogP contribution in [0.1, 0.15) is 0 Å². The molecule has 0 radical (unpaired) electrons. The van der Waals surface area contributed by atoms with E-state index >= 15 is 0 Å². The van der Waals surface area contributed by atoms with Gasteiger partial charge in [0.15, 0.2) is 0 Å². The van der Waals surface area contributed by atoms with Crippen molar-refractivity contribution in [1.82, 2.24) is 0 Å². The van der Waals surface area contributed by atoms with E-state index in [0.717, 1.165) is 11.8 Å². The lowest BCUT2D eigenvalue weighted by molar-refractivity contribution is -0.384. The van der Waals surface area contributed by atoms with Crippen LogP contribution >= 0.6 is 11.8 Å². The maximum Gasteiger partial charge on any atom is 0.269 e. The van der Waals surface area contributed by atoms with Gasteiger partial charge in [0.2, 0.25) is 0 Å². The molecule has 4 N–H and O–H groups in total. The third kappa shape index (κ3) is 3.51. The number of aliphatic hydroxyl groups excluding tert-OH is 4. The van der Waals surface area contributed by atoms with E-state index in [1.807, 2.05) is 0 Å². The zero-order valence-corrected chi connectivity index (χ0v) is 11.6. The van der Waals surface area contributed by atoms with Crippen molar-refractivity contribution in [3.63, 3.8) is 0 Å². The van der Waals surface area contributed by atoms with E-state index in [2.05, 4.69) is 0 Å². The molecular formula is C12H15NO7S. The number of thioether (sulfide) groups is 1. The second-order valence-electron chi connectivity index (χ2n) is 4.57. The van der Waals surface area contributed by atoms with Crippen LogP contribution in [0.25, 0.3) is 0 Å². The fourth-order valence-corrected chi connectivity index (χ4v) is 3.01. The molecule has 8 nitrogen and oxygen atoms in total. The number of hydrogen-bond donors (Lipinski definition) is 4. The fourth-order valence-electron chi connectivity index (χ4n) is 1.95. The molecule has 1 aromatic rings. The number of nitro benzene ring substituents is 1. The molecule has 1 aliphatic heterocycles. The van der Waals surface area contributed by atoms with E-state index in [9.17, 15) is 25.4 Å². The zero-order valence-electron chi connectivity index (χ0n) is 10.8. The van der Waals surface area contributed by atoms with Crippen LogP contribution in [-0.4, -0.2) is 61.8 Å². The Morgan fingerprint density at radius 3 is 2.29 bits per heavy atom. The van der Waals surface area contributed by atoms with Crippen molar-refractivity contribution in [2.24, 2.45) is 0 Å². The summed E-state index contributed by atoms with van der Waals surface area (Å²) in [7, 11) is 0. The highest BCUT2D eigenvalue weighted by molar-refractivity contribution is 7.99. The predicted molar refractivity (Wildman–Crippen MR) is 72.7 cm³/mol. The summed E-state index contributed by atoms with van der Waals surface area (Å²) in [5.74, 6) is 0. The smallest absolute Gasteiger partial charge is 0.269 e. The molecule has 0 amide bonds. The number of ether oxygens (including phenoxy) is 1. The van der Waals surface area contributed by atoms with E-state index in [-0.39, 0.29) is 5.69 Å². The van der Waals surface area contributed by atoms with Crippen LogP contribution in [0.5, 0.6) is 0 Å². The Morgan fingerprint density at radius 2 is 1.76 bits per heavy atom. The van der Waals surface area contributed by atoms with E-state index < -0.39 is 41.4 Å². The van der Waals surface area contributed by atoms with Crippen molar-refractivity contribution in [2.45, 2.75) is 34.7 Å². The summed E-state index contributed by atoms with van der Waals surface area (Å²) < 4.78 is 5.33. The maximum atomic E-state index is 10.6. The first-order chi connectivity index (χ1) is 9.93. The van der Waals surface area contributed by atoms with Gasteiger partial charge in [0.05, 0.1) is 11.5 Å². The van der Waals surface area contributed by atoms with Gasteiger partial charge in [-0.1, -0.05) is 11.8 Å². The quantitative estimate of drug-likeness (QED) is 0.431. The number of non-ortho nitro benzene ring substituents is 1. The standard InChI is InChI=1S/C12H15NO7S/c14-5-8-9(15)10(16)11(17)12(20-8)21-7-3-1-6(2-4-7)13(18)19/h1-4,8-12,14-17H,5H2/t8-,9+,10-,11-,12+/m1/s1. The molecule has 0 aliphatic carbocycles. The van der Waals surface area contributed by atoms with Crippen molar-refractivity contribution in [2.75, 3.05) is 6.61 Å². The molecule has 21 heavy (non-hydrogen) atoms. The molecule has 0 unspecified atom stereocenters. The van der Waals surface area contributed by atoms with E-state index in [1.165, 1.54) is 24.3 Å². The number of benzene rings is 1. The molecule has 1 heterocycles. The third-order valence-corrected chi connectivity index (χ3v) is 4.31. The summed E-state index contributed by atoms with van der Waals surface area (Å²) >= 11 is 1.04. The van der Waals surface area contributed by atoms with Crippen molar-refractivity contribution in [3.05, 3.63) is 34.4 Å². The summed E-state index contributed by atoms with van der Waals surface area (Å²) in [6.45, 7) is -0.498. The minimum atomic E-state index is -1.44. The Kier molecular flexibility index (Phi) is 5.14. The van der Waals surface area contributed by atoms with Crippen LogP contribution in [-0.2, 0) is 4.74 Å². The SMILES string of the molecule is O=[N+]([O-])c1ccc(S[C@@H]2O[C@H](CO)[C@H](O)[C@@H](O)[C@H]2O)cc1. The Balaban J connectivity index is 2.08. The van der Waals surface area contributed by atoms with Gasteiger partial charge in [-0.15, -0.1) is 0 Å². The molecule has 2 rings (SSSR count). The summed E-state index contributed by atoms with van der Waals surface area (Å²) in [6.07, 6.45) is -5.16. The number of rotatable bonds is 4. The zero-order chi connectivity index (χ0) is 15.6. The average Bonchev–Trinajstić information content (AvgIpc) is 2.48. The van der Waals surface area contributed by atoms with Crippen LogP contribution in [0, 0.1) is 10.1 Å². The first kappa shape index (κ1) is 16.1. The Labute approximate surface area is 124 Å². The van der Waals surface area contributed by atoms with Gasteiger partial charge in [0, 0.05) is 17.0 Å². The van der Waals surface area contributed by atoms with E-state index in [1.54, 1.807) is 0 Å². The number of hydrogen-bond acceptors (Lipinski definition) is 8. The molecule has 1 saturated heterocycles. The number of nitrogens with zero attached hydrogens (tertiary/aromatic N) is 1. The van der Waals surface area contributed by atoms with E-state index in [0.29, 0.717) is 4.90 Å². The summed E-state index contributed by atoms with van der Waals surface area (Å²) in [5, 5.41) is 48.9. The maximum absolute atomic E-state index is 10.6. The fraction of sp³-hybridized carbons (Fsp3) is 0.500. The van der Waals surface area contributed by atoms with Gasteiger partial charge in [-0.05, 0) is 12.1 Å². The normalized spacial score (nSPS) is 32.9. The molecule has 0 aromatic heterocycles. The van der Waals surface area contributed by atoms with Gasteiger partial charge in [0.1, 0.15) is 29.9 Å². The molecule has 116 valence electrons. The van der Waals surface area contributed by atoms with Crippen LogP contribution in [0.2, 0.25) is 0 Å². The first-order valence-electron chi connectivity index (χ1n) is 6.15. The van der Waals surface area contributed by atoms with Gasteiger partial charge in [-0.3, -0.25) is 10.1 Å². The van der Waals surface area contributed by atoms with Crippen LogP contribution < -0.4 is 0 Å². The molecule has 0 saturated carbocycles. The van der Waals surface area contributed by atoms with Crippen molar-refractivity contribution in [1.29, 1.82) is 0 Å². The van der Waals surface area contributed by atoms with Crippen molar-refractivity contribution in [3.8, 4) is 0 Å². The second kappa shape index (κ2) is 6.69. The van der Waals surface area contributed by atoms with E-state index in [4.69, 9.17) is 9.84 Å². The lowest BCUT2D eigenvalue weighted by Gasteiger charge is -2.39. The Hall–Kier alpha value is -1.23. The highest BCUT2D eigenvalue weighted by Gasteiger charge is 2.43. The Morgan fingerprint density at radius 1 is 1.14 bits per heavy atom. The van der Waals surface area contributed by atoms with Gasteiger partial charge in [-0.25, -0.2) is 0 Å². The third-order valence-electron chi connectivity index (χ3n) is 3.15. The number of nitro groups is 1.